The van der Waals surface area contributed by atoms with Crippen molar-refractivity contribution in [2.75, 3.05) is 24.5 Å². The van der Waals surface area contributed by atoms with E-state index in [0.29, 0.717) is 42.3 Å². The Balaban J connectivity index is 1.28. The minimum atomic E-state index is -2.35. The Kier molecular flexibility index (Phi) is 4.37. The Hall–Kier alpha value is -3.95. The number of anilines is 1. The predicted octanol–water partition coefficient (Wildman–Crippen LogP) is 3.61. The molecule has 37 heavy (non-hydrogen) atoms. The van der Waals surface area contributed by atoms with E-state index in [-0.39, 0.29) is 22.9 Å². The molecule has 0 unspecified atom stereocenters. The quantitative estimate of drug-likeness (QED) is 0.411. The van der Waals surface area contributed by atoms with E-state index in [1.54, 1.807) is 18.3 Å². The van der Waals surface area contributed by atoms with Gasteiger partial charge in [0.15, 0.2) is 5.65 Å². The minimum absolute atomic E-state index is 0.0424. The van der Waals surface area contributed by atoms with Crippen molar-refractivity contribution < 1.29 is 13.6 Å². The number of ether oxygens (including phenoxy) is 1. The number of imidazole rings is 1. The van der Waals surface area contributed by atoms with Gasteiger partial charge in [0.05, 0.1) is 28.8 Å². The molecular weight excluding hydrogens is 470 g/mol. The van der Waals surface area contributed by atoms with Crippen molar-refractivity contribution in [3.05, 3.63) is 58.3 Å². The molecule has 4 aromatic rings. The van der Waals surface area contributed by atoms with Gasteiger partial charge in [-0.3, -0.25) is 14.1 Å². The van der Waals surface area contributed by atoms with Crippen LogP contribution in [0, 0.1) is 13.8 Å². The van der Waals surface area contributed by atoms with Crippen molar-refractivity contribution in [2.45, 2.75) is 58.5 Å². The summed E-state index contributed by atoms with van der Waals surface area (Å²) in [6, 6.07) is 6.91. The number of aryl methyl sites for hydroxylation is 2. The maximum Gasteiger partial charge on any atom is 0.410 e. The van der Waals surface area contributed by atoms with Crippen LogP contribution in [0.5, 0.6) is 0 Å². The molecule has 6 rings (SSSR count). The van der Waals surface area contributed by atoms with Crippen LogP contribution in [0.1, 0.15) is 49.0 Å². The fourth-order valence-electron chi connectivity index (χ4n) is 5.04. The molecule has 4 aromatic heterocycles. The predicted molar refractivity (Wildman–Crippen MR) is 140 cm³/mol. The van der Waals surface area contributed by atoms with Gasteiger partial charge < -0.3 is 9.64 Å². The molecule has 2 fully saturated rings. The maximum absolute atomic E-state index is 13.2. The number of carbonyl (C=O) groups excluding carboxylic acids is 1. The van der Waals surface area contributed by atoms with Crippen LogP contribution >= 0.6 is 0 Å². The summed E-state index contributed by atoms with van der Waals surface area (Å²) in [5, 5.41) is 4.49. The normalized spacial score (nSPS) is 18.6. The summed E-state index contributed by atoms with van der Waals surface area (Å²) in [5.41, 5.74) is 2.25. The number of hydrogen-bond acceptors (Lipinski definition) is 7. The van der Waals surface area contributed by atoms with Gasteiger partial charge in [0.1, 0.15) is 16.9 Å². The number of pyridine rings is 1. The largest absolute Gasteiger partial charge is 0.444 e. The topological polar surface area (TPSA) is 97.3 Å². The van der Waals surface area contributed by atoms with Gasteiger partial charge in [-0.2, -0.15) is 5.10 Å². The van der Waals surface area contributed by atoms with Crippen molar-refractivity contribution in [3.63, 3.8) is 0 Å². The molecule has 10 heteroatoms. The summed E-state index contributed by atoms with van der Waals surface area (Å²) in [5.74, 6) is 0. The molecule has 1 amide bonds. The van der Waals surface area contributed by atoms with Gasteiger partial charge in [-0.25, -0.2) is 19.3 Å². The van der Waals surface area contributed by atoms with E-state index in [1.807, 2.05) is 38.7 Å². The first kappa shape index (κ1) is 20.1. The second kappa shape index (κ2) is 8.03. The summed E-state index contributed by atoms with van der Waals surface area (Å²) in [6.07, 6.45) is 4.73. The first-order valence-electron chi connectivity index (χ1n) is 13.9. The molecule has 1 saturated heterocycles. The molecule has 192 valence electrons. The summed E-state index contributed by atoms with van der Waals surface area (Å²) in [6.45, 7) is 6.92. The fourth-order valence-corrected chi connectivity index (χ4v) is 5.04. The minimum Gasteiger partial charge on any atom is -0.444 e. The molecule has 0 radical (unpaired) electrons. The second-order valence-electron chi connectivity index (χ2n) is 11.0. The number of piperazine rings is 1. The maximum atomic E-state index is 13.2. The Morgan fingerprint density at radius 1 is 1.11 bits per heavy atom. The van der Waals surface area contributed by atoms with E-state index in [4.69, 9.17) is 8.85 Å². The first-order chi connectivity index (χ1) is 18.7. The number of fused-ring (bicyclic) bond motifs is 2. The second-order valence-corrected chi connectivity index (χ2v) is 11.0. The summed E-state index contributed by atoms with van der Waals surface area (Å²) in [7, 11) is 0. The van der Waals surface area contributed by atoms with E-state index < -0.39 is 12.5 Å². The van der Waals surface area contributed by atoms with Gasteiger partial charge in [-0.05, 0) is 71.2 Å². The lowest BCUT2D eigenvalue weighted by molar-refractivity contribution is 0.0106. The molecule has 0 N–H and O–H groups in total. The van der Waals surface area contributed by atoms with Crippen LogP contribution in [0.25, 0.3) is 22.7 Å². The number of nitrogens with zero attached hydrogens (tertiary/aromatic N) is 7. The van der Waals surface area contributed by atoms with E-state index in [0.717, 1.165) is 24.1 Å². The van der Waals surface area contributed by atoms with Crippen molar-refractivity contribution >= 4 is 23.1 Å². The summed E-state index contributed by atoms with van der Waals surface area (Å²) < 4.78 is 31.5. The number of carbonyl (C=O) groups is 1. The lowest BCUT2D eigenvalue weighted by atomic mass is 10.1. The molecule has 0 aromatic carbocycles. The SMILES string of the molecule is [2H]C([2H])([2H])c1cn2nc(-c3cc(=O)n4cc(N5CCN(C(=O)OC(C)(C)C)C6(CC6)C5)ccc4n3)cc(C)c2n1. The zero-order chi connectivity index (χ0) is 28.6. The zero-order valence-corrected chi connectivity index (χ0v) is 21.4. The molecule has 1 aliphatic carbocycles. The molecule has 1 aliphatic heterocycles. The number of aromatic nitrogens is 5. The molecule has 10 nitrogen and oxygen atoms in total. The number of rotatable bonds is 2. The van der Waals surface area contributed by atoms with E-state index in [1.165, 1.54) is 21.2 Å². The van der Waals surface area contributed by atoms with Gasteiger partial charge >= 0.3 is 6.09 Å². The van der Waals surface area contributed by atoms with Crippen LogP contribution in [-0.2, 0) is 4.74 Å². The third-order valence-electron chi connectivity index (χ3n) is 6.97. The van der Waals surface area contributed by atoms with Crippen LogP contribution in [0.2, 0.25) is 0 Å². The molecule has 2 aliphatic rings. The smallest absolute Gasteiger partial charge is 0.410 e. The van der Waals surface area contributed by atoms with E-state index in [9.17, 15) is 9.59 Å². The van der Waals surface area contributed by atoms with Crippen LogP contribution in [0.15, 0.2) is 41.5 Å². The van der Waals surface area contributed by atoms with Gasteiger partial charge in [-0.15, -0.1) is 0 Å². The highest BCUT2D eigenvalue weighted by molar-refractivity contribution is 5.71. The third kappa shape index (κ3) is 4.20. The van der Waals surface area contributed by atoms with Crippen LogP contribution in [0.4, 0.5) is 10.5 Å². The van der Waals surface area contributed by atoms with Crippen molar-refractivity contribution in [2.24, 2.45) is 0 Å². The Labute approximate surface area is 218 Å². The summed E-state index contributed by atoms with van der Waals surface area (Å²) >= 11 is 0. The Bertz CT molecular complexity index is 1720. The van der Waals surface area contributed by atoms with Crippen molar-refractivity contribution in [3.8, 4) is 11.4 Å². The molecule has 1 spiro atoms. The van der Waals surface area contributed by atoms with Crippen LogP contribution in [-0.4, -0.2) is 65.8 Å². The molecule has 1 saturated carbocycles. The van der Waals surface area contributed by atoms with Gasteiger partial charge in [0, 0.05) is 36.0 Å². The van der Waals surface area contributed by atoms with E-state index >= 15 is 0 Å². The van der Waals surface area contributed by atoms with Crippen molar-refractivity contribution in [1.29, 1.82) is 0 Å². The number of hydrogen-bond donors (Lipinski definition) is 0. The highest BCUT2D eigenvalue weighted by Crippen LogP contribution is 2.45. The summed E-state index contributed by atoms with van der Waals surface area (Å²) in [4.78, 5) is 39.0. The van der Waals surface area contributed by atoms with E-state index in [2.05, 4.69) is 20.0 Å². The lowest BCUT2D eigenvalue weighted by Crippen LogP contribution is -2.58. The lowest BCUT2D eigenvalue weighted by Gasteiger charge is -2.43. The standard InChI is InChI=1S/C27H31N7O3/c1-17-12-21(30-34-14-18(2)28-24(17)34)20-13-23(35)32-15-19(6-7-22(32)29-20)31-10-11-33(27(16-31)8-9-27)25(36)37-26(3,4)5/h6-7,12-15H,8-11,16H2,1-5H3/i2D3. The monoisotopic (exact) mass is 504 g/mol. The number of amides is 1. The van der Waals surface area contributed by atoms with Crippen LogP contribution in [0.3, 0.4) is 0 Å². The highest BCUT2D eigenvalue weighted by Gasteiger charge is 2.54. The zero-order valence-electron chi connectivity index (χ0n) is 24.4. The first-order valence-corrected chi connectivity index (χ1v) is 12.4. The highest BCUT2D eigenvalue weighted by atomic mass is 16.6. The van der Waals surface area contributed by atoms with Gasteiger partial charge in [0.2, 0.25) is 0 Å². The molecule has 0 bridgehead atoms. The van der Waals surface area contributed by atoms with Gasteiger partial charge in [-0.1, -0.05) is 0 Å². The fraction of sp³-hybridized carbons (Fsp3) is 0.444. The average molecular weight is 505 g/mol. The van der Waals surface area contributed by atoms with Gasteiger partial charge in [0.25, 0.3) is 5.56 Å². The third-order valence-corrected chi connectivity index (χ3v) is 6.97. The molecule has 0 atom stereocenters. The average Bonchev–Trinajstić information content (AvgIpc) is 3.45. The Morgan fingerprint density at radius 3 is 2.65 bits per heavy atom. The van der Waals surface area contributed by atoms with Crippen molar-refractivity contribution in [1.82, 2.24) is 28.9 Å². The molecular formula is C27H31N7O3. The Morgan fingerprint density at radius 2 is 1.92 bits per heavy atom. The van der Waals surface area contributed by atoms with Crippen LogP contribution < -0.4 is 10.5 Å². The molecule has 5 heterocycles.